The zero-order valence-corrected chi connectivity index (χ0v) is 13.1. The van der Waals surface area contributed by atoms with Crippen LogP contribution in [-0.4, -0.2) is 6.10 Å². The van der Waals surface area contributed by atoms with Crippen LogP contribution in [0.15, 0.2) is 45.5 Å². The average molecular weight is 312 g/mol. The Morgan fingerprint density at radius 1 is 1.05 bits per heavy atom. The maximum Gasteiger partial charge on any atom is 0.119 e. The van der Waals surface area contributed by atoms with Gasteiger partial charge in [-0.25, -0.2) is 0 Å². The smallest absolute Gasteiger partial charge is 0.119 e. The van der Waals surface area contributed by atoms with E-state index in [9.17, 15) is 10.5 Å². The number of nitriles is 2. The van der Waals surface area contributed by atoms with Gasteiger partial charge in [-0.1, -0.05) is 23.9 Å². The minimum absolute atomic E-state index is 0.0762. The van der Waals surface area contributed by atoms with Crippen molar-refractivity contribution in [2.24, 2.45) is 11.5 Å². The average Bonchev–Trinajstić information content (AvgIpc) is 2.47. The molecule has 0 amide bonds. The van der Waals surface area contributed by atoms with E-state index in [2.05, 4.69) is 12.1 Å². The van der Waals surface area contributed by atoms with Crippen LogP contribution in [0.2, 0.25) is 0 Å². The van der Waals surface area contributed by atoms with Crippen molar-refractivity contribution in [2.45, 2.75) is 25.9 Å². The van der Waals surface area contributed by atoms with Crippen LogP contribution in [0.3, 0.4) is 0 Å². The van der Waals surface area contributed by atoms with E-state index < -0.39 is 5.92 Å². The van der Waals surface area contributed by atoms with Gasteiger partial charge >= 0.3 is 0 Å². The van der Waals surface area contributed by atoms with Crippen molar-refractivity contribution < 1.29 is 4.74 Å². The SMILES string of the molecule is CC(C)Oc1ccc(C2C(C#N)=C(N)SC(N)=C2C#N)cc1. The first-order valence-corrected chi connectivity index (χ1v) is 7.53. The fourth-order valence-electron chi connectivity index (χ4n) is 2.24. The maximum absolute atomic E-state index is 9.37. The molecule has 0 saturated carbocycles. The first-order chi connectivity index (χ1) is 10.5. The van der Waals surface area contributed by atoms with Crippen LogP contribution >= 0.6 is 11.8 Å². The molecule has 1 aromatic carbocycles. The molecule has 112 valence electrons. The number of rotatable bonds is 3. The molecule has 1 aromatic rings. The van der Waals surface area contributed by atoms with Crippen LogP contribution in [0.4, 0.5) is 0 Å². The number of hydrogen-bond acceptors (Lipinski definition) is 6. The highest BCUT2D eigenvalue weighted by Gasteiger charge is 2.31. The number of nitrogens with two attached hydrogens (primary N) is 2. The largest absolute Gasteiger partial charge is 0.491 e. The van der Waals surface area contributed by atoms with Crippen LogP contribution in [0.1, 0.15) is 25.3 Å². The van der Waals surface area contributed by atoms with Gasteiger partial charge in [-0.2, -0.15) is 10.5 Å². The van der Waals surface area contributed by atoms with E-state index >= 15 is 0 Å². The molecular formula is C16H16N4OS. The van der Waals surface area contributed by atoms with Gasteiger partial charge in [0.15, 0.2) is 0 Å². The van der Waals surface area contributed by atoms with Crippen molar-refractivity contribution in [3.05, 3.63) is 51.0 Å². The maximum atomic E-state index is 9.37. The van der Waals surface area contributed by atoms with E-state index in [0.29, 0.717) is 21.2 Å². The molecule has 0 bridgehead atoms. The summed E-state index contributed by atoms with van der Waals surface area (Å²) in [6.07, 6.45) is 0.0762. The number of nitrogens with zero attached hydrogens (tertiary/aromatic N) is 2. The molecule has 0 saturated heterocycles. The molecule has 0 unspecified atom stereocenters. The molecule has 5 nitrogen and oxygen atoms in total. The number of benzene rings is 1. The third-order valence-corrected chi connectivity index (χ3v) is 4.03. The predicted molar refractivity (Wildman–Crippen MR) is 86.2 cm³/mol. The summed E-state index contributed by atoms with van der Waals surface area (Å²) in [6, 6.07) is 11.5. The van der Waals surface area contributed by atoms with Gasteiger partial charge in [-0.3, -0.25) is 0 Å². The second-order valence-electron chi connectivity index (χ2n) is 5.05. The Bertz CT molecular complexity index is 684. The first kappa shape index (κ1) is 15.8. The lowest BCUT2D eigenvalue weighted by atomic mass is 9.86. The number of hydrogen-bond donors (Lipinski definition) is 2. The first-order valence-electron chi connectivity index (χ1n) is 6.71. The lowest BCUT2D eigenvalue weighted by Crippen LogP contribution is -2.18. The van der Waals surface area contributed by atoms with Crippen LogP contribution in [0.25, 0.3) is 0 Å². The molecule has 0 radical (unpaired) electrons. The van der Waals surface area contributed by atoms with Crippen LogP contribution in [0, 0.1) is 22.7 Å². The van der Waals surface area contributed by atoms with Gasteiger partial charge in [0.05, 0.1) is 45.4 Å². The minimum Gasteiger partial charge on any atom is -0.491 e. The Morgan fingerprint density at radius 3 is 1.95 bits per heavy atom. The highest BCUT2D eigenvalue weighted by Crippen LogP contribution is 2.42. The van der Waals surface area contributed by atoms with Gasteiger partial charge < -0.3 is 16.2 Å². The van der Waals surface area contributed by atoms with Gasteiger partial charge in [-0.05, 0) is 31.5 Å². The van der Waals surface area contributed by atoms with Crippen molar-refractivity contribution in [1.82, 2.24) is 0 Å². The van der Waals surface area contributed by atoms with Crippen molar-refractivity contribution in [3.8, 4) is 17.9 Å². The number of ether oxygens (including phenoxy) is 1. The summed E-state index contributed by atoms with van der Waals surface area (Å²) in [6.45, 7) is 3.89. The normalized spacial score (nSPS) is 15.7. The fourth-order valence-corrected chi connectivity index (χ4v) is 3.02. The molecule has 0 fully saturated rings. The van der Waals surface area contributed by atoms with Crippen molar-refractivity contribution >= 4 is 11.8 Å². The highest BCUT2D eigenvalue weighted by atomic mass is 32.2. The van der Waals surface area contributed by atoms with Crippen molar-refractivity contribution in [2.75, 3.05) is 0 Å². The Morgan fingerprint density at radius 2 is 1.55 bits per heavy atom. The summed E-state index contributed by atoms with van der Waals surface area (Å²) >= 11 is 1.06. The molecule has 1 aliphatic rings. The second kappa shape index (κ2) is 6.46. The van der Waals surface area contributed by atoms with E-state index in [1.807, 2.05) is 38.1 Å². The van der Waals surface area contributed by atoms with E-state index in [1.165, 1.54) is 0 Å². The van der Waals surface area contributed by atoms with Gasteiger partial charge in [0.2, 0.25) is 0 Å². The molecule has 1 heterocycles. The lowest BCUT2D eigenvalue weighted by molar-refractivity contribution is 0.242. The van der Waals surface area contributed by atoms with Gasteiger partial charge in [0.1, 0.15) is 5.75 Å². The lowest BCUT2D eigenvalue weighted by Gasteiger charge is -2.23. The van der Waals surface area contributed by atoms with Crippen molar-refractivity contribution in [1.29, 1.82) is 10.5 Å². The zero-order valence-electron chi connectivity index (χ0n) is 12.3. The molecule has 22 heavy (non-hydrogen) atoms. The summed E-state index contributed by atoms with van der Waals surface area (Å²) < 4.78 is 5.60. The van der Waals surface area contributed by atoms with E-state index in [-0.39, 0.29) is 6.10 Å². The molecule has 4 N–H and O–H groups in total. The molecule has 0 spiro atoms. The Hall–Kier alpha value is -2.57. The Balaban J connectivity index is 2.45. The quantitative estimate of drug-likeness (QED) is 0.888. The van der Waals surface area contributed by atoms with Gasteiger partial charge in [0, 0.05) is 0 Å². The van der Waals surface area contributed by atoms with Crippen LogP contribution in [0.5, 0.6) is 5.75 Å². The number of thioether (sulfide) groups is 1. The third-order valence-electron chi connectivity index (χ3n) is 3.15. The Kier molecular flexibility index (Phi) is 4.65. The van der Waals surface area contributed by atoms with Gasteiger partial charge in [0.25, 0.3) is 0 Å². The molecule has 1 aliphatic heterocycles. The van der Waals surface area contributed by atoms with Crippen LogP contribution in [-0.2, 0) is 0 Å². The van der Waals surface area contributed by atoms with E-state index in [1.54, 1.807) is 0 Å². The molecule has 0 atom stereocenters. The summed E-state index contributed by atoms with van der Waals surface area (Å²) in [4.78, 5) is 0. The topological polar surface area (TPSA) is 109 Å². The monoisotopic (exact) mass is 312 g/mol. The van der Waals surface area contributed by atoms with Crippen molar-refractivity contribution in [3.63, 3.8) is 0 Å². The summed E-state index contributed by atoms with van der Waals surface area (Å²) in [5.74, 6) is 0.208. The highest BCUT2D eigenvalue weighted by molar-refractivity contribution is 8.06. The molecule has 2 rings (SSSR count). The van der Waals surface area contributed by atoms with E-state index in [4.69, 9.17) is 16.2 Å². The fraction of sp³-hybridized carbons (Fsp3) is 0.250. The standard InChI is InChI=1S/C16H16N4OS/c1-9(2)21-11-5-3-10(4-6-11)14-12(7-17)15(19)22-16(20)13(14)8-18/h3-6,9,14H,19-20H2,1-2H3. The number of allylic oxidation sites excluding steroid dienone is 2. The van der Waals surface area contributed by atoms with E-state index in [0.717, 1.165) is 23.1 Å². The molecule has 6 heteroatoms. The molecule has 0 aliphatic carbocycles. The molecule has 0 aromatic heterocycles. The zero-order chi connectivity index (χ0) is 16.3. The Labute approximate surface area is 133 Å². The molecular weight excluding hydrogens is 296 g/mol. The minimum atomic E-state index is -0.524. The van der Waals surface area contributed by atoms with Crippen LogP contribution < -0.4 is 16.2 Å². The summed E-state index contributed by atoms with van der Waals surface area (Å²) in [5, 5.41) is 19.4. The second-order valence-corrected chi connectivity index (χ2v) is 6.13. The van der Waals surface area contributed by atoms with Gasteiger partial charge in [-0.15, -0.1) is 0 Å². The summed E-state index contributed by atoms with van der Waals surface area (Å²) in [5.41, 5.74) is 13.3. The predicted octanol–water partition coefficient (Wildman–Crippen LogP) is 2.69. The third kappa shape index (κ3) is 3.03. The summed E-state index contributed by atoms with van der Waals surface area (Å²) in [7, 11) is 0.